The van der Waals surface area contributed by atoms with Gasteiger partial charge in [0.1, 0.15) is 6.61 Å². The number of esters is 1. The minimum absolute atomic E-state index is 0.281. The van der Waals surface area contributed by atoms with Gasteiger partial charge in [-0.2, -0.15) is 0 Å². The Kier molecular flexibility index (Phi) is 5.69. The largest absolute Gasteiger partial charge is 0.464 e. The van der Waals surface area contributed by atoms with Crippen LogP contribution < -0.4 is 5.73 Å². The summed E-state index contributed by atoms with van der Waals surface area (Å²) < 4.78 is 4.65. The molecule has 0 aliphatic rings. The van der Waals surface area contributed by atoms with Crippen molar-refractivity contribution >= 4 is 12.2 Å². The molecule has 0 unspecified atom stereocenters. The quantitative estimate of drug-likeness (QED) is 0.379. The lowest BCUT2D eigenvalue weighted by atomic mass is 10.4. The van der Waals surface area contributed by atoms with Gasteiger partial charge >= 0.3 is 5.97 Å². The SMILES string of the molecule is CC(=O)OCCN=CC(C)=CN. The maximum atomic E-state index is 10.3. The first-order valence-corrected chi connectivity index (χ1v) is 3.68. The normalized spacial score (nSPS) is 12.0. The molecule has 0 bridgehead atoms. The zero-order chi connectivity index (χ0) is 9.40. The highest BCUT2D eigenvalue weighted by atomic mass is 16.5. The summed E-state index contributed by atoms with van der Waals surface area (Å²) in [6.45, 7) is 4.01. The monoisotopic (exact) mass is 170 g/mol. The first-order valence-electron chi connectivity index (χ1n) is 3.68. The van der Waals surface area contributed by atoms with Gasteiger partial charge in [0, 0.05) is 13.1 Å². The predicted octanol–water partition coefficient (Wildman–Crippen LogP) is 0.483. The lowest BCUT2D eigenvalue weighted by Gasteiger charge is -1.96. The van der Waals surface area contributed by atoms with Crippen molar-refractivity contribution in [2.45, 2.75) is 13.8 Å². The number of nitrogens with zero attached hydrogens (tertiary/aromatic N) is 1. The third-order valence-electron chi connectivity index (χ3n) is 1.08. The summed E-state index contributed by atoms with van der Waals surface area (Å²) in [6.07, 6.45) is 3.11. The van der Waals surface area contributed by atoms with Crippen LogP contribution in [0.3, 0.4) is 0 Å². The molecule has 0 rings (SSSR count). The van der Waals surface area contributed by atoms with E-state index in [-0.39, 0.29) is 5.97 Å². The summed E-state index contributed by atoms with van der Waals surface area (Å²) in [4.78, 5) is 14.3. The van der Waals surface area contributed by atoms with Crippen LogP contribution in [0.2, 0.25) is 0 Å². The van der Waals surface area contributed by atoms with E-state index in [2.05, 4.69) is 9.73 Å². The fourth-order valence-electron chi connectivity index (χ4n) is 0.494. The molecule has 0 aliphatic carbocycles. The highest BCUT2D eigenvalue weighted by molar-refractivity contribution is 5.77. The summed E-state index contributed by atoms with van der Waals surface area (Å²) in [5.41, 5.74) is 6.08. The number of carbonyl (C=O) groups is 1. The van der Waals surface area contributed by atoms with Crippen LogP contribution in [-0.2, 0) is 9.53 Å². The Morgan fingerprint density at radius 1 is 1.58 bits per heavy atom. The number of hydrogen-bond donors (Lipinski definition) is 1. The zero-order valence-corrected chi connectivity index (χ0v) is 7.41. The van der Waals surface area contributed by atoms with E-state index in [0.717, 1.165) is 5.57 Å². The van der Waals surface area contributed by atoms with Crippen LogP contribution in [0, 0.1) is 0 Å². The topological polar surface area (TPSA) is 64.7 Å². The third kappa shape index (κ3) is 6.80. The maximum Gasteiger partial charge on any atom is 0.302 e. The van der Waals surface area contributed by atoms with E-state index in [1.54, 1.807) is 6.21 Å². The molecule has 0 aliphatic heterocycles. The molecule has 12 heavy (non-hydrogen) atoms. The Morgan fingerprint density at radius 3 is 2.75 bits per heavy atom. The van der Waals surface area contributed by atoms with Gasteiger partial charge in [0.15, 0.2) is 0 Å². The lowest BCUT2D eigenvalue weighted by Crippen LogP contribution is -2.03. The minimum atomic E-state index is -0.281. The molecule has 0 heterocycles. The molecule has 0 amide bonds. The van der Waals surface area contributed by atoms with E-state index >= 15 is 0 Å². The van der Waals surface area contributed by atoms with Crippen molar-refractivity contribution in [2.24, 2.45) is 10.7 Å². The summed E-state index contributed by atoms with van der Waals surface area (Å²) >= 11 is 0. The van der Waals surface area contributed by atoms with Gasteiger partial charge in [0.2, 0.25) is 0 Å². The van der Waals surface area contributed by atoms with Gasteiger partial charge in [0.05, 0.1) is 6.54 Å². The highest BCUT2D eigenvalue weighted by Gasteiger charge is 1.88. The Balaban J connectivity index is 3.43. The van der Waals surface area contributed by atoms with Crippen molar-refractivity contribution in [1.29, 1.82) is 0 Å². The van der Waals surface area contributed by atoms with Gasteiger partial charge in [-0.3, -0.25) is 9.79 Å². The predicted molar refractivity (Wildman–Crippen MR) is 47.9 cm³/mol. The molecule has 0 radical (unpaired) electrons. The van der Waals surface area contributed by atoms with Crippen molar-refractivity contribution in [3.05, 3.63) is 11.8 Å². The molecule has 68 valence electrons. The van der Waals surface area contributed by atoms with Crippen LogP contribution in [0.4, 0.5) is 0 Å². The third-order valence-corrected chi connectivity index (χ3v) is 1.08. The molecule has 4 heteroatoms. The standard InChI is InChI=1S/C8H14N2O2/c1-7(5-9)6-10-3-4-12-8(2)11/h5-6H,3-4,9H2,1-2H3. The van der Waals surface area contributed by atoms with E-state index in [4.69, 9.17) is 5.73 Å². The molecule has 4 nitrogen and oxygen atoms in total. The summed E-state index contributed by atoms with van der Waals surface area (Å²) in [6, 6.07) is 0. The zero-order valence-electron chi connectivity index (χ0n) is 7.41. The van der Waals surface area contributed by atoms with E-state index in [1.807, 2.05) is 6.92 Å². The molecule has 2 N–H and O–H groups in total. The first kappa shape index (κ1) is 10.7. The number of allylic oxidation sites excluding steroid dienone is 1. The Labute approximate surface area is 72.1 Å². The number of nitrogens with two attached hydrogens (primary N) is 1. The smallest absolute Gasteiger partial charge is 0.302 e. The van der Waals surface area contributed by atoms with Gasteiger partial charge < -0.3 is 10.5 Å². The first-order chi connectivity index (χ1) is 5.66. The fraction of sp³-hybridized carbons (Fsp3) is 0.500. The second kappa shape index (κ2) is 6.39. The van der Waals surface area contributed by atoms with E-state index < -0.39 is 0 Å². The second-order valence-corrected chi connectivity index (χ2v) is 2.29. The molecule has 0 saturated heterocycles. The molecule has 0 atom stereocenters. The number of ether oxygens (including phenoxy) is 1. The Hall–Kier alpha value is -1.32. The van der Waals surface area contributed by atoms with Crippen LogP contribution in [0.5, 0.6) is 0 Å². The van der Waals surface area contributed by atoms with Gasteiger partial charge in [0.25, 0.3) is 0 Å². The molecule has 0 aromatic rings. The molecule has 0 spiro atoms. The van der Waals surface area contributed by atoms with Crippen molar-refractivity contribution in [3.8, 4) is 0 Å². The molecule has 0 fully saturated rings. The van der Waals surface area contributed by atoms with Gasteiger partial charge in [-0.15, -0.1) is 0 Å². The van der Waals surface area contributed by atoms with Crippen LogP contribution in [0.25, 0.3) is 0 Å². The average Bonchev–Trinajstić information content (AvgIpc) is 2.03. The number of rotatable bonds is 4. The molecular formula is C8H14N2O2. The lowest BCUT2D eigenvalue weighted by molar-refractivity contribution is -0.140. The van der Waals surface area contributed by atoms with Crippen LogP contribution in [-0.4, -0.2) is 25.3 Å². The van der Waals surface area contributed by atoms with E-state index in [0.29, 0.717) is 13.2 Å². The number of aliphatic imine (C=N–C) groups is 1. The molecule has 0 aromatic heterocycles. The van der Waals surface area contributed by atoms with Crippen molar-refractivity contribution in [2.75, 3.05) is 13.2 Å². The summed E-state index contributed by atoms with van der Waals surface area (Å²) in [7, 11) is 0. The van der Waals surface area contributed by atoms with Crippen LogP contribution in [0.1, 0.15) is 13.8 Å². The fourth-order valence-corrected chi connectivity index (χ4v) is 0.494. The molecular weight excluding hydrogens is 156 g/mol. The highest BCUT2D eigenvalue weighted by Crippen LogP contribution is 1.83. The van der Waals surface area contributed by atoms with Crippen LogP contribution >= 0.6 is 0 Å². The number of hydrogen-bond acceptors (Lipinski definition) is 4. The average molecular weight is 170 g/mol. The van der Waals surface area contributed by atoms with Crippen molar-refractivity contribution in [1.82, 2.24) is 0 Å². The van der Waals surface area contributed by atoms with Gasteiger partial charge in [-0.1, -0.05) is 0 Å². The second-order valence-electron chi connectivity index (χ2n) is 2.29. The van der Waals surface area contributed by atoms with E-state index in [1.165, 1.54) is 13.1 Å². The molecule has 0 aromatic carbocycles. The van der Waals surface area contributed by atoms with Crippen molar-refractivity contribution < 1.29 is 9.53 Å². The van der Waals surface area contributed by atoms with Crippen molar-refractivity contribution in [3.63, 3.8) is 0 Å². The van der Waals surface area contributed by atoms with Gasteiger partial charge in [-0.25, -0.2) is 0 Å². The van der Waals surface area contributed by atoms with Crippen LogP contribution in [0.15, 0.2) is 16.8 Å². The Morgan fingerprint density at radius 2 is 2.25 bits per heavy atom. The maximum absolute atomic E-state index is 10.3. The minimum Gasteiger partial charge on any atom is -0.464 e. The summed E-state index contributed by atoms with van der Waals surface area (Å²) in [5.74, 6) is -0.281. The summed E-state index contributed by atoms with van der Waals surface area (Å²) in [5, 5.41) is 0. The van der Waals surface area contributed by atoms with Gasteiger partial charge in [-0.05, 0) is 18.7 Å². The number of carbonyl (C=O) groups excluding carboxylic acids is 1. The van der Waals surface area contributed by atoms with E-state index in [9.17, 15) is 4.79 Å². The Bertz CT molecular complexity index is 197. The molecule has 0 saturated carbocycles.